The lowest BCUT2D eigenvalue weighted by Gasteiger charge is -2.12. The molecule has 5 radical (unpaired) electrons. The fourth-order valence-corrected chi connectivity index (χ4v) is 1.66. The Morgan fingerprint density at radius 1 is 1.18 bits per heavy atom. The maximum atomic E-state index is 12.7. The summed E-state index contributed by atoms with van der Waals surface area (Å²) in [5.74, 6) is 0.112. The largest absolute Gasteiger partial charge is 0.388 e. The first kappa shape index (κ1) is 12.2. The number of carbonyl (C=O) groups excluding carboxylic acids is 1. The molecule has 2 rings (SSSR count). The highest BCUT2D eigenvalue weighted by molar-refractivity contribution is 5.97. The number of benzene rings is 1. The monoisotopic (exact) mass is 231 g/mol. The zero-order valence-corrected chi connectivity index (χ0v) is 9.14. The quantitative estimate of drug-likeness (QED) is 0.862. The van der Waals surface area contributed by atoms with Gasteiger partial charge in [-0.1, -0.05) is 12.1 Å². The molecule has 0 heterocycles. The van der Waals surface area contributed by atoms with Gasteiger partial charge in [0.25, 0.3) is 0 Å². The lowest BCUT2D eigenvalue weighted by Crippen LogP contribution is -2.13. The Morgan fingerprint density at radius 3 is 2.35 bits per heavy atom. The van der Waals surface area contributed by atoms with Crippen molar-refractivity contribution in [1.29, 1.82) is 0 Å². The van der Waals surface area contributed by atoms with Crippen LogP contribution in [-0.2, 0) is 4.79 Å². The summed E-state index contributed by atoms with van der Waals surface area (Å²) in [6, 6.07) is 5.51. The van der Waals surface area contributed by atoms with Crippen LogP contribution in [-0.4, -0.2) is 10.9 Å². The Labute approximate surface area is 100 Å². The molecule has 1 aliphatic rings. The van der Waals surface area contributed by atoms with Gasteiger partial charge in [-0.25, -0.2) is 4.39 Å². The number of aliphatic hydroxyl groups is 1. The van der Waals surface area contributed by atoms with Crippen molar-refractivity contribution in [3.8, 4) is 0 Å². The van der Waals surface area contributed by atoms with E-state index in [1.165, 1.54) is 24.3 Å². The van der Waals surface area contributed by atoms with E-state index in [4.69, 9.17) is 0 Å². The molecule has 0 spiro atoms. The molecule has 87 valence electrons. The molecule has 1 fully saturated rings. The Hall–Kier alpha value is -1.22. The molecular weight excluding hydrogens is 219 g/mol. The summed E-state index contributed by atoms with van der Waals surface area (Å²) in [4.78, 5) is 11.7. The van der Waals surface area contributed by atoms with E-state index in [1.807, 2.05) is 0 Å². The summed E-state index contributed by atoms with van der Waals surface area (Å²) in [5, 5.41) is 9.84. The van der Waals surface area contributed by atoms with Gasteiger partial charge < -0.3 is 5.11 Å². The van der Waals surface area contributed by atoms with Crippen molar-refractivity contribution in [2.45, 2.75) is 12.5 Å². The van der Waals surface area contributed by atoms with Crippen LogP contribution in [0, 0.1) is 37.4 Å². The molecule has 0 aliphatic heterocycles. The molecule has 0 bridgehead atoms. The standard InChI is InChI=1S/C14H12FO2/c15-12-7-5-11(6-8-12)14(17)9-13(16)10-3-1-2-4-10/h1-8,14,17H,9H2. The van der Waals surface area contributed by atoms with E-state index in [9.17, 15) is 14.3 Å². The Bertz CT molecular complexity index is 380. The maximum absolute atomic E-state index is 12.7. The number of Topliss-reactive ketones (excluding diaryl/α,β-unsaturated/α-hetero) is 1. The number of carbonyl (C=O) groups is 1. The number of ketones is 1. The van der Waals surface area contributed by atoms with Gasteiger partial charge in [0.2, 0.25) is 0 Å². The predicted molar refractivity (Wildman–Crippen MR) is 61.4 cm³/mol. The highest BCUT2D eigenvalue weighted by atomic mass is 19.1. The van der Waals surface area contributed by atoms with Crippen LogP contribution in [0.15, 0.2) is 24.3 Å². The molecule has 0 saturated heterocycles. The number of rotatable bonds is 4. The second-order valence-corrected chi connectivity index (χ2v) is 3.87. The van der Waals surface area contributed by atoms with E-state index in [1.54, 1.807) is 25.7 Å². The minimum absolute atomic E-state index is 0.00957. The zero-order valence-electron chi connectivity index (χ0n) is 9.14. The van der Waals surface area contributed by atoms with Crippen LogP contribution in [0.1, 0.15) is 18.1 Å². The van der Waals surface area contributed by atoms with Crippen molar-refractivity contribution in [2.24, 2.45) is 0 Å². The molecule has 1 aromatic carbocycles. The summed E-state index contributed by atoms with van der Waals surface area (Å²) in [6.07, 6.45) is 6.09. The average Bonchev–Trinajstić information content (AvgIpc) is 2.83. The molecule has 0 aromatic heterocycles. The molecule has 3 heteroatoms. The van der Waals surface area contributed by atoms with Gasteiger partial charge in [0.05, 0.1) is 6.10 Å². The third kappa shape index (κ3) is 3.13. The maximum Gasteiger partial charge on any atom is 0.143 e. The van der Waals surface area contributed by atoms with Gasteiger partial charge in [-0.15, -0.1) is 0 Å². The van der Waals surface area contributed by atoms with Crippen molar-refractivity contribution >= 4 is 5.78 Å². The molecule has 17 heavy (non-hydrogen) atoms. The molecule has 1 aromatic rings. The van der Waals surface area contributed by atoms with Gasteiger partial charge in [-0.05, 0) is 43.4 Å². The van der Waals surface area contributed by atoms with E-state index >= 15 is 0 Å². The second kappa shape index (κ2) is 5.41. The first-order valence-electron chi connectivity index (χ1n) is 5.35. The van der Waals surface area contributed by atoms with Gasteiger partial charge >= 0.3 is 0 Å². The summed E-state index contributed by atoms with van der Waals surface area (Å²) >= 11 is 0. The third-order valence-electron chi connectivity index (χ3n) is 2.62. The van der Waals surface area contributed by atoms with E-state index in [2.05, 4.69) is 0 Å². The first-order chi connectivity index (χ1) is 8.16. The zero-order chi connectivity index (χ0) is 12.3. The van der Waals surface area contributed by atoms with Crippen molar-refractivity contribution in [1.82, 2.24) is 0 Å². The molecule has 1 unspecified atom stereocenters. The molecule has 1 N–H and O–H groups in total. The smallest absolute Gasteiger partial charge is 0.143 e. The van der Waals surface area contributed by atoms with Crippen molar-refractivity contribution in [2.75, 3.05) is 0 Å². The minimum atomic E-state index is -0.891. The SMILES string of the molecule is O=C(CC(O)c1ccc(F)cc1)[C]1[CH][CH][CH][CH]1. The first-order valence-corrected chi connectivity index (χ1v) is 5.35. The normalized spacial score (nSPS) is 18.2. The van der Waals surface area contributed by atoms with Crippen LogP contribution < -0.4 is 0 Å². The van der Waals surface area contributed by atoms with Crippen LogP contribution in [0.3, 0.4) is 0 Å². The van der Waals surface area contributed by atoms with Crippen molar-refractivity contribution < 1.29 is 14.3 Å². The fourth-order valence-electron chi connectivity index (χ4n) is 1.66. The van der Waals surface area contributed by atoms with E-state index in [0.29, 0.717) is 11.5 Å². The van der Waals surface area contributed by atoms with Crippen LogP contribution in [0.4, 0.5) is 4.39 Å². The van der Waals surface area contributed by atoms with Crippen LogP contribution in [0.25, 0.3) is 0 Å². The minimum Gasteiger partial charge on any atom is -0.388 e. The number of hydrogen-bond donors (Lipinski definition) is 1. The van der Waals surface area contributed by atoms with Gasteiger partial charge in [-0.2, -0.15) is 0 Å². The topological polar surface area (TPSA) is 37.3 Å². The van der Waals surface area contributed by atoms with Crippen molar-refractivity contribution in [3.05, 3.63) is 67.2 Å². The van der Waals surface area contributed by atoms with Crippen LogP contribution in [0.2, 0.25) is 0 Å². The average molecular weight is 231 g/mol. The molecule has 2 nitrogen and oxygen atoms in total. The molecule has 0 amide bonds. The lowest BCUT2D eigenvalue weighted by atomic mass is 9.95. The lowest BCUT2D eigenvalue weighted by molar-refractivity contribution is -0.118. The Balaban J connectivity index is 1.93. The van der Waals surface area contributed by atoms with E-state index in [0.717, 1.165) is 0 Å². The summed E-state index contributed by atoms with van der Waals surface area (Å²) < 4.78 is 12.7. The Kier molecular flexibility index (Phi) is 3.89. The Morgan fingerprint density at radius 2 is 1.76 bits per heavy atom. The van der Waals surface area contributed by atoms with E-state index < -0.39 is 6.10 Å². The van der Waals surface area contributed by atoms with Crippen molar-refractivity contribution in [3.63, 3.8) is 0 Å². The molecule has 1 aliphatic carbocycles. The molecule has 1 atom stereocenters. The summed E-state index contributed by atoms with van der Waals surface area (Å²) in [6.45, 7) is 0. The van der Waals surface area contributed by atoms with Gasteiger partial charge in [-0.3, -0.25) is 4.79 Å². The summed E-state index contributed by atoms with van der Waals surface area (Å²) in [5.41, 5.74) is 0.548. The summed E-state index contributed by atoms with van der Waals surface area (Å²) in [7, 11) is 0. The van der Waals surface area contributed by atoms with E-state index in [-0.39, 0.29) is 18.0 Å². The molecular formula is C14H12FO2. The highest BCUT2D eigenvalue weighted by Crippen LogP contribution is 2.28. The van der Waals surface area contributed by atoms with Gasteiger partial charge in [0.15, 0.2) is 0 Å². The third-order valence-corrected chi connectivity index (χ3v) is 2.62. The fraction of sp³-hybridized carbons (Fsp3) is 0.143. The van der Waals surface area contributed by atoms with Crippen LogP contribution in [0.5, 0.6) is 0 Å². The highest BCUT2D eigenvalue weighted by Gasteiger charge is 2.26. The van der Waals surface area contributed by atoms with Gasteiger partial charge in [0, 0.05) is 12.3 Å². The molecule has 1 saturated carbocycles. The van der Waals surface area contributed by atoms with Crippen LogP contribution >= 0.6 is 0 Å². The van der Waals surface area contributed by atoms with Gasteiger partial charge in [0.1, 0.15) is 11.6 Å². The second-order valence-electron chi connectivity index (χ2n) is 3.87. The number of aliphatic hydroxyl groups excluding tert-OH is 1. The number of hydrogen-bond acceptors (Lipinski definition) is 2. The predicted octanol–water partition coefficient (Wildman–Crippen LogP) is 2.22. The number of halogens is 1.